The Kier molecular flexibility index (Phi) is 6.44. The van der Waals surface area contributed by atoms with E-state index in [1.165, 1.54) is 4.90 Å². The van der Waals surface area contributed by atoms with E-state index in [1.807, 2.05) is 31.2 Å². The third-order valence-corrected chi connectivity index (χ3v) is 6.36. The van der Waals surface area contributed by atoms with E-state index < -0.39 is 24.0 Å². The predicted octanol–water partition coefficient (Wildman–Crippen LogP) is 3.63. The minimum Gasteiger partial charge on any atom is -0.481 e. The summed E-state index contributed by atoms with van der Waals surface area (Å²) in [5.74, 6) is -1.74. The summed E-state index contributed by atoms with van der Waals surface area (Å²) in [6.45, 7) is 2.69. The zero-order valence-corrected chi connectivity index (χ0v) is 18.1. The predicted molar refractivity (Wildman–Crippen MR) is 119 cm³/mol. The summed E-state index contributed by atoms with van der Waals surface area (Å²) in [4.78, 5) is 38.2. The van der Waals surface area contributed by atoms with Crippen LogP contribution >= 0.6 is 0 Å². The SMILES string of the molecule is CCC[C@H](NC(=O)OCC1c2ccccc2-c2ccccc21)C(=O)N1CCC(C(=O)O)C1. The summed E-state index contributed by atoms with van der Waals surface area (Å²) in [6.07, 6.45) is 0.978. The maximum absolute atomic E-state index is 12.9. The minimum atomic E-state index is -0.892. The third-order valence-electron chi connectivity index (χ3n) is 6.36. The second kappa shape index (κ2) is 9.42. The first-order valence-corrected chi connectivity index (χ1v) is 11.1. The summed E-state index contributed by atoms with van der Waals surface area (Å²) in [5, 5.41) is 11.9. The molecule has 2 N–H and O–H groups in total. The maximum atomic E-state index is 12.9. The lowest BCUT2D eigenvalue weighted by Crippen LogP contribution is -2.48. The Hall–Kier alpha value is -3.35. The lowest BCUT2D eigenvalue weighted by atomic mass is 9.98. The van der Waals surface area contributed by atoms with Crippen molar-refractivity contribution in [1.29, 1.82) is 0 Å². The Morgan fingerprint density at radius 1 is 1.09 bits per heavy atom. The molecule has 1 aliphatic heterocycles. The van der Waals surface area contributed by atoms with Gasteiger partial charge in [0.1, 0.15) is 12.6 Å². The molecule has 0 aromatic heterocycles. The number of rotatable bonds is 7. The van der Waals surface area contributed by atoms with E-state index in [1.54, 1.807) is 0 Å². The van der Waals surface area contributed by atoms with Gasteiger partial charge in [0.2, 0.25) is 5.91 Å². The van der Waals surface area contributed by atoms with Crippen molar-refractivity contribution in [1.82, 2.24) is 10.2 Å². The van der Waals surface area contributed by atoms with Crippen molar-refractivity contribution in [2.45, 2.75) is 38.1 Å². The molecule has 0 saturated carbocycles. The quantitative estimate of drug-likeness (QED) is 0.691. The highest BCUT2D eigenvalue weighted by Gasteiger charge is 2.35. The molecule has 0 bridgehead atoms. The molecule has 1 aliphatic carbocycles. The van der Waals surface area contributed by atoms with Gasteiger partial charge in [0, 0.05) is 19.0 Å². The number of benzene rings is 2. The Labute approximate surface area is 187 Å². The number of carboxylic acid groups (broad SMARTS) is 1. The van der Waals surface area contributed by atoms with E-state index in [9.17, 15) is 19.5 Å². The second-order valence-corrected chi connectivity index (χ2v) is 8.42. The number of carbonyl (C=O) groups excluding carboxylic acids is 2. The number of alkyl carbamates (subject to hydrolysis) is 1. The number of ether oxygens (including phenoxy) is 1. The van der Waals surface area contributed by atoms with E-state index in [0.29, 0.717) is 25.8 Å². The molecule has 4 rings (SSSR count). The molecule has 7 heteroatoms. The molecule has 2 aromatic carbocycles. The van der Waals surface area contributed by atoms with Gasteiger partial charge in [0.05, 0.1) is 5.92 Å². The lowest BCUT2D eigenvalue weighted by molar-refractivity contribution is -0.141. The first kappa shape index (κ1) is 21.9. The molecule has 2 atom stereocenters. The Balaban J connectivity index is 1.39. The van der Waals surface area contributed by atoms with E-state index >= 15 is 0 Å². The molecule has 1 unspecified atom stereocenters. The van der Waals surface area contributed by atoms with Crippen LogP contribution in [0.2, 0.25) is 0 Å². The normalized spacial score (nSPS) is 18.0. The average molecular weight is 437 g/mol. The number of carboxylic acids is 1. The minimum absolute atomic E-state index is 0.0524. The fourth-order valence-electron chi connectivity index (χ4n) is 4.71. The van der Waals surface area contributed by atoms with Gasteiger partial charge in [0.25, 0.3) is 0 Å². The second-order valence-electron chi connectivity index (χ2n) is 8.42. The Morgan fingerprint density at radius 2 is 1.72 bits per heavy atom. The van der Waals surface area contributed by atoms with Crippen LogP contribution in [0.1, 0.15) is 43.2 Å². The Bertz CT molecular complexity index is 975. The number of nitrogens with zero attached hydrogens (tertiary/aromatic N) is 1. The molecule has 0 radical (unpaired) electrons. The van der Waals surface area contributed by atoms with Crippen molar-refractivity contribution in [3.8, 4) is 11.1 Å². The summed E-state index contributed by atoms with van der Waals surface area (Å²) < 4.78 is 5.57. The molecule has 2 aromatic rings. The van der Waals surface area contributed by atoms with Crippen molar-refractivity contribution in [2.75, 3.05) is 19.7 Å². The highest BCUT2D eigenvalue weighted by Crippen LogP contribution is 2.44. The number of amides is 2. The number of hydrogen-bond donors (Lipinski definition) is 2. The number of nitrogens with one attached hydrogen (secondary N) is 1. The first-order chi connectivity index (χ1) is 15.5. The maximum Gasteiger partial charge on any atom is 0.407 e. The van der Waals surface area contributed by atoms with Crippen LogP contribution in [0.25, 0.3) is 11.1 Å². The third kappa shape index (κ3) is 4.33. The number of carbonyl (C=O) groups is 3. The summed E-state index contributed by atoms with van der Waals surface area (Å²) in [5.41, 5.74) is 4.55. The van der Waals surface area contributed by atoms with Crippen molar-refractivity contribution >= 4 is 18.0 Å². The van der Waals surface area contributed by atoms with Crippen LogP contribution < -0.4 is 5.32 Å². The summed E-state index contributed by atoms with van der Waals surface area (Å²) >= 11 is 0. The standard InChI is InChI=1S/C25H28N2O5/c1-2-7-22(23(28)27-13-12-16(14-27)24(29)30)26-25(31)32-15-21-19-10-5-3-8-17(19)18-9-4-6-11-20(18)21/h3-6,8-11,16,21-22H,2,7,12-15H2,1H3,(H,26,31)(H,29,30)/t16?,22-/m0/s1. The smallest absolute Gasteiger partial charge is 0.407 e. The van der Waals surface area contributed by atoms with Gasteiger partial charge in [-0.05, 0) is 35.1 Å². The highest BCUT2D eigenvalue weighted by atomic mass is 16.5. The fraction of sp³-hybridized carbons (Fsp3) is 0.400. The molecule has 1 fully saturated rings. The van der Waals surface area contributed by atoms with Crippen LogP contribution in [0, 0.1) is 5.92 Å². The summed E-state index contributed by atoms with van der Waals surface area (Å²) in [7, 11) is 0. The van der Waals surface area contributed by atoms with E-state index in [2.05, 4.69) is 29.6 Å². The van der Waals surface area contributed by atoms with Gasteiger partial charge in [-0.1, -0.05) is 61.9 Å². The lowest BCUT2D eigenvalue weighted by Gasteiger charge is -2.24. The van der Waals surface area contributed by atoms with Crippen LogP contribution in [0.15, 0.2) is 48.5 Å². The molecule has 168 valence electrons. The van der Waals surface area contributed by atoms with Crippen molar-refractivity contribution < 1.29 is 24.2 Å². The van der Waals surface area contributed by atoms with Gasteiger partial charge in [-0.3, -0.25) is 9.59 Å². The molecule has 2 aliphatic rings. The highest BCUT2D eigenvalue weighted by molar-refractivity contribution is 5.86. The van der Waals surface area contributed by atoms with E-state index in [4.69, 9.17) is 4.74 Å². The number of likely N-dealkylation sites (tertiary alicyclic amines) is 1. The van der Waals surface area contributed by atoms with Gasteiger partial charge in [0.15, 0.2) is 0 Å². The molecule has 7 nitrogen and oxygen atoms in total. The van der Waals surface area contributed by atoms with Gasteiger partial charge in [-0.25, -0.2) is 4.79 Å². The van der Waals surface area contributed by atoms with Gasteiger partial charge >= 0.3 is 12.1 Å². The van der Waals surface area contributed by atoms with Crippen LogP contribution in [0.5, 0.6) is 0 Å². The number of hydrogen-bond acceptors (Lipinski definition) is 4. The monoisotopic (exact) mass is 436 g/mol. The largest absolute Gasteiger partial charge is 0.481 e. The fourth-order valence-corrected chi connectivity index (χ4v) is 4.71. The first-order valence-electron chi connectivity index (χ1n) is 11.1. The Morgan fingerprint density at radius 3 is 2.28 bits per heavy atom. The van der Waals surface area contributed by atoms with Crippen LogP contribution in [0.3, 0.4) is 0 Å². The molecule has 32 heavy (non-hydrogen) atoms. The molecular formula is C25H28N2O5. The van der Waals surface area contributed by atoms with Crippen molar-refractivity contribution in [3.63, 3.8) is 0 Å². The zero-order valence-electron chi connectivity index (χ0n) is 18.1. The average Bonchev–Trinajstić information content (AvgIpc) is 3.41. The molecule has 1 heterocycles. The molecule has 2 amide bonds. The molecular weight excluding hydrogens is 408 g/mol. The number of aliphatic carboxylic acids is 1. The number of fused-ring (bicyclic) bond motifs is 3. The van der Waals surface area contributed by atoms with Crippen molar-refractivity contribution in [3.05, 3.63) is 59.7 Å². The molecule has 0 spiro atoms. The van der Waals surface area contributed by atoms with E-state index in [-0.39, 0.29) is 25.0 Å². The van der Waals surface area contributed by atoms with E-state index in [0.717, 1.165) is 22.3 Å². The van der Waals surface area contributed by atoms with Crippen molar-refractivity contribution in [2.24, 2.45) is 5.92 Å². The van der Waals surface area contributed by atoms with Gasteiger partial charge < -0.3 is 20.1 Å². The van der Waals surface area contributed by atoms with Crippen LogP contribution in [-0.4, -0.2) is 53.7 Å². The van der Waals surface area contributed by atoms with Gasteiger partial charge in [-0.2, -0.15) is 0 Å². The van der Waals surface area contributed by atoms with Crippen LogP contribution in [-0.2, 0) is 14.3 Å². The zero-order chi connectivity index (χ0) is 22.7. The van der Waals surface area contributed by atoms with Gasteiger partial charge in [-0.15, -0.1) is 0 Å². The summed E-state index contributed by atoms with van der Waals surface area (Å²) in [6, 6.07) is 15.5. The molecule has 1 saturated heterocycles. The topological polar surface area (TPSA) is 95.9 Å². The van der Waals surface area contributed by atoms with Crippen LogP contribution in [0.4, 0.5) is 4.79 Å².